The molecule has 0 radical (unpaired) electrons. The number of nitrogens with zero attached hydrogens (tertiary/aromatic N) is 1. The molecule has 2 aromatic rings. The van der Waals surface area contributed by atoms with E-state index in [9.17, 15) is 13.6 Å². The zero-order valence-corrected chi connectivity index (χ0v) is 15.9. The Balaban J connectivity index is 1.78. The van der Waals surface area contributed by atoms with E-state index in [2.05, 4.69) is 5.32 Å². The Morgan fingerprint density at radius 2 is 2.07 bits per heavy atom. The standard InChI is InChI=1S/C21H22F2N2O4/c1-27-17-10-4-8-15(18(17)29-21(22)23)19-24-16-9-3-2-7-14(16)20(26)25(19)12-13-6-5-11-28-13/h2-4,7-10,13,19,21,24H,5-6,11-12H2,1H3/t13-,19+/m0/s1. The van der Waals surface area contributed by atoms with Crippen LogP contribution >= 0.6 is 0 Å². The van der Waals surface area contributed by atoms with Crippen LogP contribution in [0, 0.1) is 0 Å². The van der Waals surface area contributed by atoms with E-state index in [0.717, 1.165) is 12.8 Å². The van der Waals surface area contributed by atoms with Crippen molar-refractivity contribution in [2.75, 3.05) is 25.6 Å². The third kappa shape index (κ3) is 3.85. The molecule has 2 heterocycles. The van der Waals surface area contributed by atoms with Crippen molar-refractivity contribution in [3.8, 4) is 11.5 Å². The van der Waals surface area contributed by atoms with Gasteiger partial charge in [0.1, 0.15) is 6.17 Å². The number of benzene rings is 2. The normalized spacial score (nSPS) is 21.1. The second kappa shape index (κ2) is 8.24. The van der Waals surface area contributed by atoms with Gasteiger partial charge in [-0.25, -0.2) is 0 Å². The van der Waals surface area contributed by atoms with Gasteiger partial charge in [0.05, 0.1) is 18.8 Å². The van der Waals surface area contributed by atoms with E-state index >= 15 is 0 Å². The molecule has 0 aliphatic carbocycles. The fraction of sp³-hybridized carbons (Fsp3) is 0.381. The highest BCUT2D eigenvalue weighted by molar-refractivity contribution is 6.01. The van der Waals surface area contributed by atoms with Crippen molar-refractivity contribution in [2.24, 2.45) is 0 Å². The van der Waals surface area contributed by atoms with Crippen molar-refractivity contribution < 1.29 is 27.8 Å². The fourth-order valence-electron chi connectivity index (χ4n) is 3.86. The minimum Gasteiger partial charge on any atom is -0.493 e. The van der Waals surface area contributed by atoms with Gasteiger partial charge in [0.2, 0.25) is 0 Å². The molecule has 0 saturated carbocycles. The molecule has 1 N–H and O–H groups in total. The summed E-state index contributed by atoms with van der Waals surface area (Å²) < 4.78 is 42.0. The molecule has 2 aliphatic heterocycles. The Labute approximate surface area is 167 Å². The average Bonchev–Trinajstić information content (AvgIpc) is 3.23. The van der Waals surface area contributed by atoms with E-state index in [0.29, 0.717) is 30.0 Å². The van der Waals surface area contributed by atoms with Gasteiger partial charge in [0.15, 0.2) is 11.5 Å². The zero-order chi connectivity index (χ0) is 20.4. The number of fused-ring (bicyclic) bond motifs is 1. The minimum absolute atomic E-state index is 0.0907. The molecule has 154 valence electrons. The number of anilines is 1. The average molecular weight is 404 g/mol. The van der Waals surface area contributed by atoms with Crippen molar-refractivity contribution >= 4 is 11.6 Å². The van der Waals surface area contributed by atoms with Crippen LogP contribution in [-0.2, 0) is 4.74 Å². The van der Waals surface area contributed by atoms with E-state index in [1.54, 1.807) is 41.3 Å². The number of rotatable bonds is 6. The number of methoxy groups -OCH3 is 1. The Morgan fingerprint density at radius 3 is 2.79 bits per heavy atom. The molecular formula is C21H22F2N2O4. The first-order valence-electron chi connectivity index (χ1n) is 9.48. The van der Waals surface area contributed by atoms with Gasteiger partial charge in [0.25, 0.3) is 5.91 Å². The van der Waals surface area contributed by atoms with Gasteiger partial charge in [-0.1, -0.05) is 24.3 Å². The molecule has 0 aromatic heterocycles. The first kappa shape index (κ1) is 19.4. The highest BCUT2D eigenvalue weighted by Crippen LogP contribution is 2.41. The molecule has 0 bridgehead atoms. The molecule has 0 unspecified atom stereocenters. The third-order valence-electron chi connectivity index (χ3n) is 5.18. The van der Waals surface area contributed by atoms with Crippen molar-refractivity contribution in [3.05, 3.63) is 53.6 Å². The van der Waals surface area contributed by atoms with Gasteiger partial charge in [-0.3, -0.25) is 4.79 Å². The monoisotopic (exact) mass is 404 g/mol. The van der Waals surface area contributed by atoms with E-state index in [-0.39, 0.29) is 23.5 Å². The highest BCUT2D eigenvalue weighted by atomic mass is 19.3. The van der Waals surface area contributed by atoms with Crippen LogP contribution in [-0.4, -0.2) is 43.8 Å². The van der Waals surface area contributed by atoms with E-state index in [1.807, 2.05) is 6.07 Å². The van der Waals surface area contributed by atoms with Crippen LogP contribution in [0.2, 0.25) is 0 Å². The lowest BCUT2D eigenvalue weighted by atomic mass is 10.0. The maximum absolute atomic E-state index is 13.3. The summed E-state index contributed by atoms with van der Waals surface area (Å²) in [7, 11) is 1.39. The van der Waals surface area contributed by atoms with Crippen LogP contribution in [0.25, 0.3) is 0 Å². The first-order chi connectivity index (χ1) is 14.1. The van der Waals surface area contributed by atoms with Crippen LogP contribution < -0.4 is 14.8 Å². The first-order valence-corrected chi connectivity index (χ1v) is 9.48. The summed E-state index contributed by atoms with van der Waals surface area (Å²) in [4.78, 5) is 14.9. The third-order valence-corrected chi connectivity index (χ3v) is 5.18. The number of carbonyl (C=O) groups excluding carboxylic acids is 1. The van der Waals surface area contributed by atoms with Crippen molar-refractivity contribution in [3.63, 3.8) is 0 Å². The van der Waals surface area contributed by atoms with Crippen molar-refractivity contribution in [2.45, 2.75) is 31.7 Å². The fourth-order valence-corrected chi connectivity index (χ4v) is 3.86. The Morgan fingerprint density at radius 1 is 1.24 bits per heavy atom. The summed E-state index contributed by atoms with van der Waals surface area (Å²) in [5.74, 6) is -0.106. The second-order valence-electron chi connectivity index (χ2n) is 6.94. The molecular weight excluding hydrogens is 382 g/mol. The van der Waals surface area contributed by atoms with Crippen LogP contribution in [0.1, 0.15) is 34.9 Å². The predicted molar refractivity (Wildman–Crippen MR) is 102 cm³/mol. The smallest absolute Gasteiger partial charge is 0.387 e. The topological polar surface area (TPSA) is 60.0 Å². The van der Waals surface area contributed by atoms with Crippen LogP contribution in [0.4, 0.5) is 14.5 Å². The number of para-hydroxylation sites is 2. The van der Waals surface area contributed by atoms with Crippen molar-refractivity contribution in [1.82, 2.24) is 4.90 Å². The molecule has 1 amide bonds. The largest absolute Gasteiger partial charge is 0.493 e. The molecule has 1 saturated heterocycles. The number of amides is 1. The maximum atomic E-state index is 13.3. The predicted octanol–water partition coefficient (Wildman–Crippen LogP) is 4.04. The van der Waals surface area contributed by atoms with Gasteiger partial charge in [-0.05, 0) is 31.0 Å². The number of carbonyl (C=O) groups is 1. The van der Waals surface area contributed by atoms with Gasteiger partial charge in [0, 0.05) is 24.4 Å². The molecule has 2 atom stereocenters. The van der Waals surface area contributed by atoms with Gasteiger partial charge < -0.3 is 24.4 Å². The molecule has 29 heavy (non-hydrogen) atoms. The van der Waals surface area contributed by atoms with Gasteiger partial charge in [-0.2, -0.15) is 8.78 Å². The lowest BCUT2D eigenvalue weighted by Gasteiger charge is -2.39. The molecule has 2 aromatic carbocycles. The minimum atomic E-state index is -3.02. The highest BCUT2D eigenvalue weighted by Gasteiger charge is 2.37. The lowest BCUT2D eigenvalue weighted by molar-refractivity contribution is -0.0524. The summed E-state index contributed by atoms with van der Waals surface area (Å²) in [6, 6.07) is 12.0. The summed E-state index contributed by atoms with van der Waals surface area (Å²) in [6.45, 7) is -2.03. The molecule has 4 rings (SSSR count). The summed E-state index contributed by atoms with van der Waals surface area (Å²) >= 11 is 0. The van der Waals surface area contributed by atoms with Crippen molar-refractivity contribution in [1.29, 1.82) is 0 Å². The number of halogens is 2. The number of nitrogens with one attached hydrogen (secondary N) is 1. The Bertz CT molecular complexity index is 887. The molecule has 6 nitrogen and oxygen atoms in total. The summed E-state index contributed by atoms with van der Waals surface area (Å²) in [5, 5.41) is 3.30. The number of hydrogen-bond donors (Lipinski definition) is 1. The van der Waals surface area contributed by atoms with Crippen LogP contribution in [0.15, 0.2) is 42.5 Å². The molecule has 2 aliphatic rings. The molecule has 8 heteroatoms. The van der Waals surface area contributed by atoms with Crippen LogP contribution in [0.5, 0.6) is 11.5 Å². The molecule has 0 spiro atoms. The lowest BCUT2D eigenvalue weighted by Crippen LogP contribution is -2.46. The summed E-state index contributed by atoms with van der Waals surface area (Å²) in [6.07, 6.45) is 0.973. The Hall–Kier alpha value is -2.87. The second-order valence-corrected chi connectivity index (χ2v) is 6.94. The van der Waals surface area contributed by atoms with Crippen LogP contribution in [0.3, 0.4) is 0 Å². The quantitative estimate of drug-likeness (QED) is 0.787. The van der Waals surface area contributed by atoms with Gasteiger partial charge >= 0.3 is 6.61 Å². The zero-order valence-electron chi connectivity index (χ0n) is 15.9. The van der Waals surface area contributed by atoms with E-state index < -0.39 is 12.8 Å². The number of alkyl halides is 2. The maximum Gasteiger partial charge on any atom is 0.387 e. The number of hydrogen-bond acceptors (Lipinski definition) is 5. The summed E-state index contributed by atoms with van der Waals surface area (Å²) in [5.41, 5.74) is 1.56. The SMILES string of the molecule is COc1cccc([C@@H]2Nc3ccccc3C(=O)N2C[C@@H]2CCCO2)c1OC(F)F. The number of ether oxygens (including phenoxy) is 3. The Kier molecular flexibility index (Phi) is 5.53. The molecule has 1 fully saturated rings. The van der Waals surface area contributed by atoms with Gasteiger partial charge in [-0.15, -0.1) is 0 Å². The van der Waals surface area contributed by atoms with E-state index in [1.165, 1.54) is 7.11 Å². The van der Waals surface area contributed by atoms with E-state index in [4.69, 9.17) is 14.2 Å².